The topological polar surface area (TPSA) is 71.3 Å². The Balaban J connectivity index is 1.23. The van der Waals surface area contributed by atoms with Gasteiger partial charge in [-0.3, -0.25) is 9.69 Å². The highest BCUT2D eigenvalue weighted by molar-refractivity contribution is 5.81. The number of nitrogens with zero attached hydrogens (tertiary/aromatic N) is 3. The number of aromatic nitrogens is 2. The number of rotatable bonds is 5. The van der Waals surface area contributed by atoms with Gasteiger partial charge < -0.3 is 9.84 Å². The third-order valence-corrected chi connectivity index (χ3v) is 4.67. The average molecular weight is 290 g/mol. The maximum Gasteiger partial charge on any atom is 0.240 e. The van der Waals surface area contributed by atoms with E-state index in [0.717, 1.165) is 57.0 Å². The van der Waals surface area contributed by atoms with Gasteiger partial charge in [0.05, 0.1) is 6.54 Å². The first kappa shape index (κ1) is 13.2. The van der Waals surface area contributed by atoms with E-state index in [1.54, 1.807) is 0 Å². The van der Waals surface area contributed by atoms with Crippen molar-refractivity contribution in [1.82, 2.24) is 20.4 Å². The Morgan fingerprint density at radius 2 is 1.95 bits per heavy atom. The van der Waals surface area contributed by atoms with Gasteiger partial charge in [0.1, 0.15) is 0 Å². The van der Waals surface area contributed by atoms with Crippen LogP contribution in [-0.2, 0) is 11.3 Å². The minimum Gasteiger partial charge on any atom is -0.353 e. The molecule has 0 atom stereocenters. The molecule has 4 rings (SSSR count). The molecule has 1 saturated heterocycles. The summed E-state index contributed by atoms with van der Waals surface area (Å²) in [5, 5.41) is 7.23. The second kappa shape index (κ2) is 5.40. The molecule has 6 nitrogen and oxygen atoms in total. The zero-order valence-electron chi connectivity index (χ0n) is 12.3. The second-order valence-corrected chi connectivity index (χ2v) is 6.65. The first-order chi connectivity index (χ1) is 10.3. The summed E-state index contributed by atoms with van der Waals surface area (Å²) in [5.41, 5.74) is 0. The van der Waals surface area contributed by atoms with E-state index in [4.69, 9.17) is 4.52 Å². The highest BCUT2D eigenvalue weighted by atomic mass is 16.5. The van der Waals surface area contributed by atoms with Crippen LogP contribution in [-0.4, -0.2) is 40.1 Å². The normalized spacial score (nSPS) is 24.2. The van der Waals surface area contributed by atoms with E-state index in [1.165, 1.54) is 12.8 Å². The van der Waals surface area contributed by atoms with Crippen LogP contribution in [0.4, 0.5) is 0 Å². The standard InChI is InChI=1S/C15H22N4O2/c20-15(11-3-4-11)16-12-5-7-19(8-6-12)9-13-17-14(18-21-13)10-1-2-10/h10-12H,1-9H2,(H,16,20). The lowest BCUT2D eigenvalue weighted by Gasteiger charge is -2.31. The van der Waals surface area contributed by atoms with E-state index < -0.39 is 0 Å². The number of hydrogen-bond acceptors (Lipinski definition) is 5. The van der Waals surface area contributed by atoms with E-state index in [0.29, 0.717) is 17.9 Å². The molecule has 0 radical (unpaired) electrons. The predicted octanol–water partition coefficient (Wildman–Crippen LogP) is 1.44. The van der Waals surface area contributed by atoms with Crippen LogP contribution in [0.25, 0.3) is 0 Å². The van der Waals surface area contributed by atoms with Gasteiger partial charge in [0.2, 0.25) is 11.8 Å². The predicted molar refractivity (Wildman–Crippen MR) is 75.4 cm³/mol. The molecule has 1 amide bonds. The molecule has 2 heterocycles. The first-order valence-corrected chi connectivity index (χ1v) is 8.13. The van der Waals surface area contributed by atoms with Crippen molar-refractivity contribution < 1.29 is 9.32 Å². The molecule has 21 heavy (non-hydrogen) atoms. The summed E-state index contributed by atoms with van der Waals surface area (Å²) in [7, 11) is 0. The summed E-state index contributed by atoms with van der Waals surface area (Å²) < 4.78 is 5.33. The highest BCUT2D eigenvalue weighted by Gasteiger charge is 2.32. The maximum atomic E-state index is 11.8. The molecule has 1 aromatic rings. The Kier molecular flexibility index (Phi) is 3.41. The van der Waals surface area contributed by atoms with Gasteiger partial charge in [-0.25, -0.2) is 0 Å². The zero-order valence-corrected chi connectivity index (χ0v) is 12.3. The number of nitrogens with one attached hydrogen (secondary N) is 1. The third-order valence-electron chi connectivity index (χ3n) is 4.67. The molecule has 0 bridgehead atoms. The van der Waals surface area contributed by atoms with Crippen LogP contribution in [0.1, 0.15) is 56.2 Å². The fraction of sp³-hybridized carbons (Fsp3) is 0.800. The van der Waals surface area contributed by atoms with Crippen molar-refractivity contribution >= 4 is 5.91 Å². The van der Waals surface area contributed by atoms with Gasteiger partial charge >= 0.3 is 0 Å². The van der Waals surface area contributed by atoms with Gasteiger partial charge in [0.25, 0.3) is 0 Å². The molecule has 1 aliphatic heterocycles. The Labute approximate surface area is 124 Å². The number of hydrogen-bond donors (Lipinski definition) is 1. The minimum absolute atomic E-state index is 0.263. The second-order valence-electron chi connectivity index (χ2n) is 6.65. The Hall–Kier alpha value is -1.43. The molecule has 2 saturated carbocycles. The SMILES string of the molecule is O=C(NC1CCN(Cc2nc(C3CC3)no2)CC1)C1CC1. The van der Waals surface area contributed by atoms with Gasteiger partial charge in [-0.15, -0.1) is 0 Å². The smallest absolute Gasteiger partial charge is 0.240 e. The molecule has 0 spiro atoms. The minimum atomic E-state index is 0.263. The van der Waals surface area contributed by atoms with Gasteiger partial charge in [-0.2, -0.15) is 4.98 Å². The Morgan fingerprint density at radius 3 is 2.62 bits per heavy atom. The van der Waals surface area contributed by atoms with Crippen molar-refractivity contribution in [2.75, 3.05) is 13.1 Å². The van der Waals surface area contributed by atoms with Crippen molar-refractivity contribution in [2.24, 2.45) is 5.92 Å². The van der Waals surface area contributed by atoms with Crippen molar-refractivity contribution in [3.05, 3.63) is 11.7 Å². The summed E-state index contributed by atoms with van der Waals surface area (Å²) in [4.78, 5) is 18.6. The van der Waals surface area contributed by atoms with Crippen LogP contribution in [0, 0.1) is 5.92 Å². The number of piperidine rings is 1. The Bertz CT molecular complexity index is 513. The molecule has 6 heteroatoms. The van der Waals surface area contributed by atoms with Crippen LogP contribution >= 0.6 is 0 Å². The summed E-state index contributed by atoms with van der Waals surface area (Å²) in [6.07, 6.45) is 6.58. The third kappa shape index (κ3) is 3.26. The van der Waals surface area contributed by atoms with Crippen LogP contribution < -0.4 is 5.32 Å². The van der Waals surface area contributed by atoms with Crippen LogP contribution in [0.3, 0.4) is 0 Å². The summed E-state index contributed by atoms with van der Waals surface area (Å²) in [5.74, 6) is 2.74. The largest absolute Gasteiger partial charge is 0.353 e. The number of carbonyl (C=O) groups excluding carboxylic acids is 1. The average Bonchev–Trinajstić information content (AvgIpc) is 3.40. The van der Waals surface area contributed by atoms with E-state index in [-0.39, 0.29) is 5.91 Å². The zero-order chi connectivity index (χ0) is 14.2. The summed E-state index contributed by atoms with van der Waals surface area (Å²) >= 11 is 0. The van der Waals surface area contributed by atoms with Crippen LogP contribution in [0.2, 0.25) is 0 Å². The fourth-order valence-electron chi connectivity index (χ4n) is 2.93. The van der Waals surface area contributed by atoms with Gasteiger partial charge in [0, 0.05) is 31.0 Å². The van der Waals surface area contributed by atoms with Crippen LogP contribution in [0.15, 0.2) is 4.52 Å². The first-order valence-electron chi connectivity index (χ1n) is 8.13. The molecule has 2 aliphatic carbocycles. The monoisotopic (exact) mass is 290 g/mol. The molecule has 0 aromatic carbocycles. The lowest BCUT2D eigenvalue weighted by Crippen LogP contribution is -2.44. The number of likely N-dealkylation sites (tertiary alicyclic amines) is 1. The van der Waals surface area contributed by atoms with Gasteiger partial charge in [-0.1, -0.05) is 5.16 Å². The van der Waals surface area contributed by atoms with Crippen molar-refractivity contribution in [1.29, 1.82) is 0 Å². The quantitative estimate of drug-likeness (QED) is 0.888. The summed E-state index contributed by atoms with van der Waals surface area (Å²) in [6.45, 7) is 2.70. The maximum absolute atomic E-state index is 11.8. The molecule has 3 aliphatic rings. The molecule has 3 fully saturated rings. The van der Waals surface area contributed by atoms with Gasteiger partial charge in [0.15, 0.2) is 5.82 Å². The lowest BCUT2D eigenvalue weighted by atomic mass is 10.0. The summed E-state index contributed by atoms with van der Waals surface area (Å²) in [6, 6.07) is 0.346. The fourth-order valence-corrected chi connectivity index (χ4v) is 2.93. The van der Waals surface area contributed by atoms with Crippen molar-refractivity contribution in [3.63, 3.8) is 0 Å². The lowest BCUT2D eigenvalue weighted by molar-refractivity contribution is -0.123. The molecule has 114 valence electrons. The Morgan fingerprint density at radius 1 is 1.19 bits per heavy atom. The van der Waals surface area contributed by atoms with E-state index >= 15 is 0 Å². The highest BCUT2D eigenvalue weighted by Crippen LogP contribution is 2.38. The van der Waals surface area contributed by atoms with Crippen molar-refractivity contribution in [2.45, 2.75) is 57.0 Å². The molecule has 0 unspecified atom stereocenters. The van der Waals surface area contributed by atoms with Crippen LogP contribution in [0.5, 0.6) is 0 Å². The molecule has 1 aromatic heterocycles. The number of amides is 1. The number of carbonyl (C=O) groups is 1. The van der Waals surface area contributed by atoms with E-state index in [9.17, 15) is 4.79 Å². The van der Waals surface area contributed by atoms with E-state index in [2.05, 4.69) is 20.4 Å². The van der Waals surface area contributed by atoms with E-state index in [1.807, 2.05) is 0 Å². The van der Waals surface area contributed by atoms with Gasteiger partial charge in [-0.05, 0) is 38.5 Å². The van der Waals surface area contributed by atoms with Crippen molar-refractivity contribution in [3.8, 4) is 0 Å². The molecular formula is C15H22N4O2. The molecular weight excluding hydrogens is 268 g/mol. The molecule has 1 N–H and O–H groups in total.